The van der Waals surface area contributed by atoms with Crippen LogP contribution in [0.3, 0.4) is 0 Å². The van der Waals surface area contributed by atoms with Gasteiger partial charge in [-0.1, -0.05) is 24.3 Å². The van der Waals surface area contributed by atoms with Gasteiger partial charge in [0.1, 0.15) is 30.7 Å². The monoisotopic (exact) mass is 334 g/mol. The molecule has 0 radical (unpaired) electrons. The number of fused-ring (bicyclic) bond motifs is 1. The molecule has 23 heavy (non-hydrogen) atoms. The van der Waals surface area contributed by atoms with E-state index in [1.165, 1.54) is 17.6 Å². The summed E-state index contributed by atoms with van der Waals surface area (Å²) in [6.07, 6.45) is 2.25. The molecule has 0 saturated carbocycles. The first-order valence-corrected chi connectivity index (χ1v) is 8.26. The lowest BCUT2D eigenvalue weighted by atomic mass is 10.3. The molecule has 1 amide bonds. The predicted octanol–water partition coefficient (Wildman–Crippen LogP) is 2.44. The molecule has 0 bridgehead atoms. The second kappa shape index (κ2) is 6.87. The Morgan fingerprint density at radius 2 is 2.30 bits per heavy atom. The summed E-state index contributed by atoms with van der Waals surface area (Å²) in [5.41, 5.74) is 0.961. The number of ether oxygens (including phenoxy) is 3. The summed E-state index contributed by atoms with van der Waals surface area (Å²) in [5.74, 6) is 0.487. The van der Waals surface area contributed by atoms with Crippen LogP contribution in [0, 0.1) is 0 Å². The average molecular weight is 334 g/mol. The van der Waals surface area contributed by atoms with Gasteiger partial charge in [-0.2, -0.15) is 4.99 Å². The third kappa shape index (κ3) is 3.10. The summed E-state index contributed by atoms with van der Waals surface area (Å²) >= 11 is 1.46. The number of amides is 1. The Morgan fingerprint density at radius 3 is 3.00 bits per heavy atom. The Bertz CT molecular complexity index is 819. The fourth-order valence-corrected chi connectivity index (χ4v) is 3.47. The molecule has 0 aliphatic carbocycles. The van der Waals surface area contributed by atoms with E-state index in [-0.39, 0.29) is 5.76 Å². The van der Waals surface area contributed by atoms with E-state index in [1.807, 2.05) is 22.8 Å². The summed E-state index contributed by atoms with van der Waals surface area (Å²) in [6.45, 7) is 3.65. The quantitative estimate of drug-likeness (QED) is 0.861. The maximum Gasteiger partial charge on any atom is 0.317 e. The van der Waals surface area contributed by atoms with Crippen molar-refractivity contribution in [2.24, 2.45) is 4.99 Å². The van der Waals surface area contributed by atoms with Crippen LogP contribution in [0.2, 0.25) is 0 Å². The van der Waals surface area contributed by atoms with Crippen LogP contribution in [0.5, 0.6) is 5.75 Å². The molecular formula is C16H18N2O4S. The molecule has 0 fully saturated rings. The molecule has 1 aliphatic rings. The number of aromatic nitrogens is 1. The molecule has 2 heterocycles. The number of aryl methyl sites for hydroxylation is 1. The molecule has 1 aliphatic heterocycles. The molecule has 7 heteroatoms. The molecule has 1 aromatic carbocycles. The van der Waals surface area contributed by atoms with E-state index >= 15 is 0 Å². The molecule has 0 spiro atoms. The maximum absolute atomic E-state index is 12.3. The number of nitrogens with zero attached hydrogens (tertiary/aromatic N) is 2. The van der Waals surface area contributed by atoms with Crippen molar-refractivity contribution in [3.8, 4) is 5.75 Å². The number of carbonyl (C=O) groups is 1. The van der Waals surface area contributed by atoms with Crippen molar-refractivity contribution in [1.82, 2.24) is 4.57 Å². The van der Waals surface area contributed by atoms with Gasteiger partial charge in [-0.25, -0.2) is 0 Å². The number of hydrogen-bond acceptors (Lipinski definition) is 5. The number of methoxy groups -OCH3 is 1. The van der Waals surface area contributed by atoms with Crippen molar-refractivity contribution in [2.75, 3.05) is 20.3 Å². The van der Waals surface area contributed by atoms with Gasteiger partial charge in [-0.05, 0) is 18.6 Å². The third-order valence-electron chi connectivity index (χ3n) is 3.39. The summed E-state index contributed by atoms with van der Waals surface area (Å²) in [6, 6.07) is 5.84. The predicted molar refractivity (Wildman–Crippen MR) is 87.2 cm³/mol. The average Bonchev–Trinajstić information content (AvgIpc) is 2.93. The van der Waals surface area contributed by atoms with Crippen LogP contribution in [0.15, 0.2) is 35.2 Å². The first-order chi connectivity index (χ1) is 11.2. The minimum Gasteiger partial charge on any atom is -0.495 e. The SMILES string of the molecule is CCCn1c(=NC(=O)C2=COCCO2)sc2cccc(OC)c21. The highest BCUT2D eigenvalue weighted by atomic mass is 32.1. The van der Waals surface area contributed by atoms with Crippen LogP contribution in [-0.4, -0.2) is 30.8 Å². The second-order valence-electron chi connectivity index (χ2n) is 4.96. The molecule has 6 nitrogen and oxygen atoms in total. The van der Waals surface area contributed by atoms with Gasteiger partial charge in [0.2, 0.25) is 5.76 Å². The van der Waals surface area contributed by atoms with Crippen LogP contribution >= 0.6 is 11.3 Å². The second-order valence-corrected chi connectivity index (χ2v) is 5.97. The molecular weight excluding hydrogens is 316 g/mol. The Labute approximate surface area is 137 Å². The third-order valence-corrected chi connectivity index (χ3v) is 4.43. The van der Waals surface area contributed by atoms with Crippen LogP contribution in [-0.2, 0) is 20.8 Å². The molecule has 3 rings (SSSR count). The van der Waals surface area contributed by atoms with E-state index in [9.17, 15) is 4.79 Å². The minimum atomic E-state index is -0.430. The van der Waals surface area contributed by atoms with Crippen LogP contribution in [0.4, 0.5) is 0 Å². The van der Waals surface area contributed by atoms with Crippen LogP contribution in [0.25, 0.3) is 10.2 Å². The van der Waals surface area contributed by atoms with Crippen LogP contribution < -0.4 is 9.54 Å². The van der Waals surface area contributed by atoms with Crippen molar-refractivity contribution < 1.29 is 19.0 Å². The fourth-order valence-electron chi connectivity index (χ4n) is 2.40. The van der Waals surface area contributed by atoms with E-state index in [0.717, 1.165) is 28.9 Å². The lowest BCUT2D eigenvalue weighted by Gasteiger charge is -2.12. The van der Waals surface area contributed by atoms with Gasteiger partial charge in [-0.3, -0.25) is 4.79 Å². The van der Waals surface area contributed by atoms with Crippen molar-refractivity contribution in [2.45, 2.75) is 19.9 Å². The summed E-state index contributed by atoms with van der Waals surface area (Å²) < 4.78 is 18.9. The normalized spacial score (nSPS) is 15.0. The number of thiazole rings is 1. The maximum atomic E-state index is 12.3. The standard InChI is InChI=1S/C16H18N2O4S/c1-3-7-18-14-11(20-2)5-4-6-13(14)23-16(18)17-15(19)12-10-21-8-9-22-12/h4-6,10H,3,7-9H2,1-2H3. The van der Waals surface area contributed by atoms with Gasteiger partial charge >= 0.3 is 5.91 Å². The summed E-state index contributed by atoms with van der Waals surface area (Å²) in [5, 5.41) is 0. The van der Waals surface area contributed by atoms with Crippen molar-refractivity contribution in [3.05, 3.63) is 35.0 Å². The topological polar surface area (TPSA) is 62.1 Å². The Hall–Kier alpha value is -2.28. The Kier molecular flexibility index (Phi) is 4.66. The van der Waals surface area contributed by atoms with Crippen molar-refractivity contribution in [3.63, 3.8) is 0 Å². The zero-order chi connectivity index (χ0) is 16.2. The van der Waals surface area contributed by atoms with E-state index in [4.69, 9.17) is 14.2 Å². The lowest BCUT2D eigenvalue weighted by Crippen LogP contribution is -2.20. The van der Waals surface area contributed by atoms with E-state index < -0.39 is 5.91 Å². The first kappa shape index (κ1) is 15.6. The first-order valence-electron chi connectivity index (χ1n) is 7.44. The number of carbonyl (C=O) groups excluding carboxylic acids is 1. The lowest BCUT2D eigenvalue weighted by molar-refractivity contribution is -0.119. The molecule has 122 valence electrons. The summed E-state index contributed by atoms with van der Waals surface area (Å²) in [4.78, 5) is 17.1. The zero-order valence-corrected chi connectivity index (χ0v) is 13.9. The number of para-hydroxylation sites is 1. The highest BCUT2D eigenvalue weighted by Crippen LogP contribution is 2.27. The molecule has 2 aromatic rings. The largest absolute Gasteiger partial charge is 0.495 e. The van der Waals surface area contributed by atoms with E-state index in [1.54, 1.807) is 7.11 Å². The van der Waals surface area contributed by atoms with Gasteiger partial charge in [0.25, 0.3) is 0 Å². The number of rotatable bonds is 4. The number of hydrogen-bond donors (Lipinski definition) is 0. The smallest absolute Gasteiger partial charge is 0.317 e. The van der Waals surface area contributed by atoms with Gasteiger partial charge in [0, 0.05) is 6.54 Å². The van der Waals surface area contributed by atoms with Gasteiger partial charge < -0.3 is 18.8 Å². The highest BCUT2D eigenvalue weighted by molar-refractivity contribution is 7.16. The molecule has 1 aromatic heterocycles. The van der Waals surface area contributed by atoms with Gasteiger partial charge in [0.05, 0.1) is 11.8 Å². The molecule has 0 unspecified atom stereocenters. The zero-order valence-electron chi connectivity index (χ0n) is 13.1. The fraction of sp³-hybridized carbons (Fsp3) is 0.375. The molecule has 0 atom stereocenters. The number of benzene rings is 1. The minimum absolute atomic E-state index is 0.142. The van der Waals surface area contributed by atoms with Gasteiger partial charge in [-0.15, -0.1) is 0 Å². The van der Waals surface area contributed by atoms with Gasteiger partial charge in [0.15, 0.2) is 4.80 Å². The van der Waals surface area contributed by atoms with E-state index in [0.29, 0.717) is 18.0 Å². The van der Waals surface area contributed by atoms with Crippen molar-refractivity contribution >= 4 is 27.5 Å². The molecule has 0 saturated heterocycles. The Balaban J connectivity index is 2.12. The highest BCUT2D eigenvalue weighted by Gasteiger charge is 2.16. The Morgan fingerprint density at radius 1 is 1.43 bits per heavy atom. The van der Waals surface area contributed by atoms with Crippen molar-refractivity contribution in [1.29, 1.82) is 0 Å². The summed E-state index contributed by atoms with van der Waals surface area (Å²) in [7, 11) is 1.64. The van der Waals surface area contributed by atoms with E-state index in [2.05, 4.69) is 11.9 Å². The van der Waals surface area contributed by atoms with Crippen LogP contribution in [0.1, 0.15) is 13.3 Å². The molecule has 0 N–H and O–H groups in total.